The van der Waals surface area contributed by atoms with Crippen LogP contribution in [0.25, 0.3) is 11.4 Å². The Labute approximate surface area is 175 Å². The van der Waals surface area contributed by atoms with Gasteiger partial charge in [-0.3, -0.25) is 4.79 Å². The van der Waals surface area contributed by atoms with Gasteiger partial charge in [-0.05, 0) is 36.4 Å². The lowest BCUT2D eigenvalue weighted by molar-refractivity contribution is -0.113. The first-order chi connectivity index (χ1) is 14.0. The van der Waals surface area contributed by atoms with Crippen LogP contribution in [0.4, 0.5) is 10.1 Å². The fourth-order valence-electron chi connectivity index (χ4n) is 2.41. The van der Waals surface area contributed by atoms with Crippen LogP contribution >= 0.6 is 23.4 Å². The Morgan fingerprint density at radius 1 is 1.21 bits per heavy atom. The minimum absolute atomic E-state index is 0.0518. The van der Waals surface area contributed by atoms with Crippen molar-refractivity contribution in [2.24, 2.45) is 0 Å². The molecular formula is C19H17ClFN3O4S. The minimum Gasteiger partial charge on any atom is -0.493 e. The van der Waals surface area contributed by atoms with Gasteiger partial charge in [0.15, 0.2) is 11.5 Å². The molecule has 0 aliphatic carbocycles. The van der Waals surface area contributed by atoms with E-state index in [1.807, 2.05) is 0 Å². The molecule has 0 aliphatic heterocycles. The average molecular weight is 438 g/mol. The third kappa shape index (κ3) is 5.39. The number of amides is 1. The van der Waals surface area contributed by atoms with Crippen molar-refractivity contribution in [3.63, 3.8) is 0 Å². The Kier molecular flexibility index (Phi) is 6.95. The number of ether oxygens (including phenoxy) is 2. The van der Waals surface area contributed by atoms with Gasteiger partial charge in [0.05, 0.1) is 30.7 Å². The number of thioether (sulfide) groups is 1. The number of carbonyl (C=O) groups is 1. The van der Waals surface area contributed by atoms with Crippen molar-refractivity contribution in [1.82, 2.24) is 10.1 Å². The van der Waals surface area contributed by atoms with Gasteiger partial charge >= 0.3 is 0 Å². The third-order valence-corrected chi connectivity index (χ3v) is 4.98. The van der Waals surface area contributed by atoms with E-state index in [0.717, 1.165) is 0 Å². The second-order valence-electron chi connectivity index (χ2n) is 5.75. The molecule has 1 N–H and O–H groups in total. The molecule has 1 aromatic heterocycles. The number of aromatic nitrogens is 2. The highest BCUT2D eigenvalue weighted by atomic mass is 35.5. The number of benzene rings is 2. The fraction of sp³-hybridized carbons (Fsp3) is 0.211. The van der Waals surface area contributed by atoms with Crippen LogP contribution < -0.4 is 14.8 Å². The number of nitrogens with zero attached hydrogens (tertiary/aromatic N) is 2. The van der Waals surface area contributed by atoms with Crippen molar-refractivity contribution in [2.75, 3.05) is 25.3 Å². The fourth-order valence-corrected chi connectivity index (χ4v) is 3.24. The number of nitrogens with one attached hydrogen (secondary N) is 1. The topological polar surface area (TPSA) is 86.5 Å². The van der Waals surface area contributed by atoms with Gasteiger partial charge in [-0.2, -0.15) is 4.98 Å². The Morgan fingerprint density at radius 2 is 2.00 bits per heavy atom. The first-order valence-corrected chi connectivity index (χ1v) is 9.91. The largest absolute Gasteiger partial charge is 0.493 e. The predicted octanol–water partition coefficient (Wildman–Crippen LogP) is 4.42. The number of hydrogen-bond acceptors (Lipinski definition) is 7. The van der Waals surface area contributed by atoms with E-state index in [2.05, 4.69) is 15.5 Å². The zero-order valence-corrected chi connectivity index (χ0v) is 17.1. The molecule has 29 heavy (non-hydrogen) atoms. The van der Waals surface area contributed by atoms with Crippen LogP contribution in [-0.2, 0) is 10.5 Å². The summed E-state index contributed by atoms with van der Waals surface area (Å²) in [5, 5.41) is 6.55. The molecule has 3 aromatic rings. The molecule has 10 heteroatoms. The van der Waals surface area contributed by atoms with Crippen LogP contribution in [-0.4, -0.2) is 36.0 Å². The van der Waals surface area contributed by atoms with Gasteiger partial charge in [-0.1, -0.05) is 16.8 Å². The lowest BCUT2D eigenvalue weighted by Gasteiger charge is -2.07. The molecule has 0 saturated heterocycles. The van der Waals surface area contributed by atoms with Gasteiger partial charge in [0, 0.05) is 11.3 Å². The summed E-state index contributed by atoms with van der Waals surface area (Å²) in [7, 11) is 3.10. The van der Waals surface area contributed by atoms with Crippen LogP contribution in [0.1, 0.15) is 5.89 Å². The number of anilines is 1. The molecule has 2 aromatic carbocycles. The number of hydrogen-bond donors (Lipinski definition) is 1. The van der Waals surface area contributed by atoms with Gasteiger partial charge in [-0.25, -0.2) is 4.39 Å². The maximum Gasteiger partial charge on any atom is 0.236 e. The highest BCUT2D eigenvalue weighted by molar-refractivity contribution is 7.99. The number of halogens is 2. The van der Waals surface area contributed by atoms with Crippen LogP contribution in [0.5, 0.6) is 11.5 Å². The Morgan fingerprint density at radius 3 is 2.72 bits per heavy atom. The lowest BCUT2D eigenvalue weighted by Crippen LogP contribution is -2.14. The zero-order valence-electron chi connectivity index (χ0n) is 15.6. The Balaban J connectivity index is 1.54. The van der Waals surface area contributed by atoms with Gasteiger partial charge in [-0.15, -0.1) is 11.8 Å². The molecule has 0 spiro atoms. The van der Waals surface area contributed by atoms with E-state index in [1.54, 1.807) is 32.4 Å². The summed E-state index contributed by atoms with van der Waals surface area (Å²) in [5.74, 6) is 1.68. The molecule has 152 valence electrons. The molecule has 1 amide bonds. The van der Waals surface area contributed by atoms with Gasteiger partial charge < -0.3 is 19.3 Å². The summed E-state index contributed by atoms with van der Waals surface area (Å²) in [5.41, 5.74) is 1.14. The second kappa shape index (κ2) is 9.62. The number of carbonyl (C=O) groups excluding carboxylic acids is 1. The van der Waals surface area contributed by atoms with Gasteiger partial charge in [0.2, 0.25) is 17.6 Å². The quantitative estimate of drug-likeness (QED) is 0.558. The minimum atomic E-state index is -0.541. The van der Waals surface area contributed by atoms with Gasteiger partial charge in [0.25, 0.3) is 0 Å². The van der Waals surface area contributed by atoms with Crippen molar-refractivity contribution >= 4 is 35.0 Å². The Hall–Kier alpha value is -2.78. The zero-order chi connectivity index (χ0) is 20.8. The monoisotopic (exact) mass is 437 g/mol. The van der Waals surface area contributed by atoms with E-state index in [0.29, 0.717) is 40.2 Å². The van der Waals surface area contributed by atoms with E-state index < -0.39 is 5.82 Å². The van der Waals surface area contributed by atoms with Crippen molar-refractivity contribution < 1.29 is 23.2 Å². The van der Waals surface area contributed by atoms with Gasteiger partial charge in [0.1, 0.15) is 5.82 Å². The first kappa shape index (κ1) is 20.9. The summed E-state index contributed by atoms with van der Waals surface area (Å²) in [6.07, 6.45) is 0. The summed E-state index contributed by atoms with van der Waals surface area (Å²) >= 11 is 7.00. The van der Waals surface area contributed by atoms with E-state index in [9.17, 15) is 9.18 Å². The summed E-state index contributed by atoms with van der Waals surface area (Å²) < 4.78 is 28.9. The molecule has 0 unspecified atom stereocenters. The molecule has 7 nitrogen and oxygen atoms in total. The van der Waals surface area contributed by atoms with Crippen molar-refractivity contribution in [3.05, 3.63) is 53.1 Å². The van der Waals surface area contributed by atoms with Crippen LogP contribution in [0, 0.1) is 5.82 Å². The molecule has 0 radical (unpaired) electrons. The smallest absolute Gasteiger partial charge is 0.236 e. The average Bonchev–Trinajstić information content (AvgIpc) is 3.19. The molecule has 0 saturated carbocycles. The Bertz CT molecular complexity index is 1010. The number of methoxy groups -OCH3 is 2. The van der Waals surface area contributed by atoms with E-state index in [4.69, 9.17) is 25.6 Å². The third-order valence-electron chi connectivity index (χ3n) is 3.77. The summed E-state index contributed by atoms with van der Waals surface area (Å²) in [4.78, 5) is 16.3. The number of rotatable bonds is 8. The van der Waals surface area contributed by atoms with Crippen molar-refractivity contribution in [3.8, 4) is 22.9 Å². The SMILES string of the molecule is COc1ccc(-c2noc(CSCC(=O)Nc3ccc(F)c(Cl)c3)n2)cc1OC. The molecular weight excluding hydrogens is 421 g/mol. The molecule has 3 rings (SSSR count). The molecule has 0 aliphatic rings. The predicted molar refractivity (Wildman–Crippen MR) is 109 cm³/mol. The van der Waals surface area contributed by atoms with E-state index >= 15 is 0 Å². The molecule has 0 bridgehead atoms. The second-order valence-corrected chi connectivity index (χ2v) is 7.14. The summed E-state index contributed by atoms with van der Waals surface area (Å²) in [6, 6.07) is 9.29. The highest BCUT2D eigenvalue weighted by Crippen LogP contribution is 2.31. The standard InChI is InChI=1S/C19H17ClFN3O4S/c1-26-15-6-3-11(7-16(15)27-2)19-23-18(28-24-19)10-29-9-17(25)22-12-4-5-14(21)13(20)8-12/h3-8H,9-10H2,1-2H3,(H,22,25). The molecule has 0 fully saturated rings. The van der Waals surface area contributed by atoms with E-state index in [-0.39, 0.29) is 16.7 Å². The van der Waals surface area contributed by atoms with E-state index in [1.165, 1.54) is 30.0 Å². The highest BCUT2D eigenvalue weighted by Gasteiger charge is 2.13. The maximum absolute atomic E-state index is 13.1. The maximum atomic E-state index is 13.1. The molecule has 0 atom stereocenters. The van der Waals surface area contributed by atoms with Crippen molar-refractivity contribution in [1.29, 1.82) is 0 Å². The van der Waals surface area contributed by atoms with Crippen molar-refractivity contribution in [2.45, 2.75) is 5.75 Å². The molecule has 1 heterocycles. The van der Waals surface area contributed by atoms with Crippen LogP contribution in [0.2, 0.25) is 5.02 Å². The lowest BCUT2D eigenvalue weighted by atomic mass is 10.2. The van der Waals surface area contributed by atoms with Crippen LogP contribution in [0.15, 0.2) is 40.9 Å². The summed E-state index contributed by atoms with van der Waals surface area (Å²) in [6.45, 7) is 0. The normalized spacial score (nSPS) is 10.6. The first-order valence-electron chi connectivity index (χ1n) is 8.37. The van der Waals surface area contributed by atoms with Crippen LogP contribution in [0.3, 0.4) is 0 Å².